The molecule has 1 aliphatic heterocycles. The number of phenols is 1. The molecule has 2 N–H and O–H groups in total. The molecule has 1 fully saturated rings. The number of anilines is 1. The van der Waals surface area contributed by atoms with Crippen LogP contribution in [0.15, 0.2) is 60.2 Å². The van der Waals surface area contributed by atoms with E-state index in [2.05, 4.69) is 4.98 Å². The third-order valence-corrected chi connectivity index (χ3v) is 7.08. The lowest BCUT2D eigenvalue weighted by Gasteiger charge is -2.23. The number of phenolic OH excluding ortho intramolecular Hbond substituents is 1. The highest BCUT2D eigenvalue weighted by molar-refractivity contribution is 7.22. The molecule has 0 saturated carbocycles. The summed E-state index contributed by atoms with van der Waals surface area (Å²) >= 11 is 6.98. The van der Waals surface area contributed by atoms with Crippen molar-refractivity contribution in [1.29, 1.82) is 0 Å². The molecule has 4 aromatic rings. The van der Waals surface area contributed by atoms with Crippen molar-refractivity contribution in [2.45, 2.75) is 13.0 Å². The van der Waals surface area contributed by atoms with E-state index >= 15 is 0 Å². The molecule has 7 nitrogen and oxygen atoms in total. The van der Waals surface area contributed by atoms with Crippen molar-refractivity contribution < 1.29 is 33.3 Å². The first-order valence-electron chi connectivity index (χ1n) is 11.0. The Morgan fingerprint density at radius 2 is 1.86 bits per heavy atom. The molecule has 37 heavy (non-hydrogen) atoms. The van der Waals surface area contributed by atoms with E-state index in [4.69, 9.17) is 16.3 Å². The monoisotopic (exact) mass is 542 g/mol. The number of aliphatic hydroxyl groups is 1. The van der Waals surface area contributed by atoms with Crippen LogP contribution in [0.2, 0.25) is 5.02 Å². The topological polar surface area (TPSA) is 100.0 Å². The number of halogens is 3. The Morgan fingerprint density at radius 1 is 1.14 bits per heavy atom. The average molecular weight is 543 g/mol. The van der Waals surface area contributed by atoms with E-state index in [1.807, 2.05) is 0 Å². The zero-order chi connectivity index (χ0) is 26.4. The van der Waals surface area contributed by atoms with Gasteiger partial charge in [-0.05, 0) is 48.9 Å². The molecular weight excluding hydrogens is 526 g/mol. The summed E-state index contributed by atoms with van der Waals surface area (Å²) in [6.45, 7) is 2.06. The van der Waals surface area contributed by atoms with E-state index in [0.29, 0.717) is 18.2 Å². The molecule has 5 rings (SSSR count). The number of ketones is 1. The number of hydrogen-bond donors (Lipinski definition) is 2. The van der Waals surface area contributed by atoms with E-state index < -0.39 is 35.1 Å². The molecule has 1 amide bonds. The first-order chi connectivity index (χ1) is 17.7. The number of thiazole rings is 1. The van der Waals surface area contributed by atoms with Crippen LogP contribution in [0, 0.1) is 11.6 Å². The summed E-state index contributed by atoms with van der Waals surface area (Å²) in [6.07, 6.45) is 0. The third kappa shape index (κ3) is 4.28. The fourth-order valence-corrected chi connectivity index (χ4v) is 5.33. The molecule has 2 heterocycles. The summed E-state index contributed by atoms with van der Waals surface area (Å²) in [6, 6.07) is 10.6. The van der Waals surface area contributed by atoms with Gasteiger partial charge >= 0.3 is 5.91 Å². The number of carbonyl (C=O) groups is 2. The van der Waals surface area contributed by atoms with Crippen LogP contribution in [0.4, 0.5) is 13.9 Å². The quantitative estimate of drug-likeness (QED) is 0.183. The van der Waals surface area contributed by atoms with Gasteiger partial charge in [-0.3, -0.25) is 14.5 Å². The molecule has 0 spiro atoms. The van der Waals surface area contributed by atoms with E-state index in [1.165, 1.54) is 42.5 Å². The minimum absolute atomic E-state index is 0.0581. The van der Waals surface area contributed by atoms with Gasteiger partial charge in [-0.2, -0.15) is 0 Å². The largest absolute Gasteiger partial charge is 0.508 e. The van der Waals surface area contributed by atoms with Crippen LogP contribution >= 0.6 is 22.9 Å². The number of hydrogen-bond acceptors (Lipinski definition) is 7. The van der Waals surface area contributed by atoms with E-state index in [-0.39, 0.29) is 43.0 Å². The molecule has 3 aromatic carbocycles. The molecule has 1 unspecified atom stereocenters. The SMILES string of the molecule is CCOc1cc(/C(O)=C2\C(=O)C(=O)N(c3nc4c(F)cc(F)cc4s3)C2c2ccc(O)cc2)ccc1Cl. The lowest BCUT2D eigenvalue weighted by Crippen LogP contribution is -2.29. The molecule has 11 heteroatoms. The third-order valence-electron chi connectivity index (χ3n) is 5.77. The number of nitrogens with zero attached hydrogens (tertiary/aromatic N) is 2. The Morgan fingerprint density at radius 3 is 2.57 bits per heavy atom. The normalized spacial score (nSPS) is 17.1. The molecule has 0 bridgehead atoms. The highest BCUT2D eigenvalue weighted by atomic mass is 35.5. The summed E-state index contributed by atoms with van der Waals surface area (Å²) in [7, 11) is 0. The minimum atomic E-state index is -1.18. The Bertz CT molecular complexity index is 1600. The van der Waals surface area contributed by atoms with Crippen LogP contribution in [-0.4, -0.2) is 33.5 Å². The number of aromatic nitrogens is 1. The van der Waals surface area contributed by atoms with Crippen molar-refractivity contribution in [1.82, 2.24) is 4.98 Å². The summed E-state index contributed by atoms with van der Waals surface area (Å²) in [5.41, 5.74) is 0.119. The molecule has 1 aliphatic rings. The summed E-state index contributed by atoms with van der Waals surface area (Å²) in [5.74, 6) is -4.03. The average Bonchev–Trinajstić information content (AvgIpc) is 3.39. The number of carbonyl (C=O) groups excluding carboxylic acids is 2. The number of benzene rings is 3. The summed E-state index contributed by atoms with van der Waals surface area (Å²) in [4.78, 5) is 31.8. The Kier molecular flexibility index (Phi) is 6.30. The van der Waals surface area contributed by atoms with Gasteiger partial charge in [0.2, 0.25) is 0 Å². The van der Waals surface area contributed by atoms with E-state index in [1.54, 1.807) is 6.92 Å². The van der Waals surface area contributed by atoms with Gasteiger partial charge in [-0.25, -0.2) is 13.8 Å². The Balaban J connectivity index is 1.73. The Labute approximate surface area is 217 Å². The molecule has 188 valence electrons. The van der Waals surface area contributed by atoms with Gasteiger partial charge in [-0.1, -0.05) is 35.1 Å². The molecule has 1 saturated heterocycles. The number of aromatic hydroxyl groups is 1. The van der Waals surface area contributed by atoms with Gasteiger partial charge in [0.15, 0.2) is 10.9 Å². The van der Waals surface area contributed by atoms with Gasteiger partial charge in [0, 0.05) is 11.6 Å². The van der Waals surface area contributed by atoms with Crippen LogP contribution in [-0.2, 0) is 9.59 Å². The summed E-state index contributed by atoms with van der Waals surface area (Å²) < 4.78 is 33.8. The standard InChI is InChI=1S/C26H17ClF2N2O5S/c1-2-36-18-9-13(5-8-16(18)27)23(33)20-22(12-3-6-15(32)7-4-12)31(25(35)24(20)34)26-30-21-17(29)10-14(28)11-19(21)37-26/h3-11,22,32-33H,2H2,1H3/b23-20+. The number of rotatable bonds is 5. The zero-order valence-corrected chi connectivity index (χ0v) is 20.6. The second kappa shape index (κ2) is 9.45. The maximum atomic E-state index is 14.4. The fourth-order valence-electron chi connectivity index (χ4n) is 4.12. The second-order valence-corrected chi connectivity index (χ2v) is 9.49. The van der Waals surface area contributed by atoms with E-state index in [0.717, 1.165) is 22.3 Å². The zero-order valence-electron chi connectivity index (χ0n) is 19.0. The molecular formula is C26H17ClF2N2O5S. The summed E-state index contributed by atoms with van der Waals surface area (Å²) in [5, 5.41) is 21.3. The Hall–Kier alpha value is -4.02. The fraction of sp³-hybridized carbons (Fsp3) is 0.115. The maximum absolute atomic E-state index is 14.4. The van der Waals surface area contributed by atoms with Gasteiger partial charge in [0.25, 0.3) is 5.78 Å². The highest BCUT2D eigenvalue weighted by Crippen LogP contribution is 2.45. The van der Waals surface area contributed by atoms with Crippen LogP contribution in [0.1, 0.15) is 24.1 Å². The van der Waals surface area contributed by atoms with Crippen molar-refractivity contribution in [3.8, 4) is 11.5 Å². The van der Waals surface area contributed by atoms with Crippen molar-refractivity contribution in [3.05, 3.63) is 88.0 Å². The molecule has 0 radical (unpaired) electrons. The van der Waals surface area contributed by atoms with Crippen LogP contribution < -0.4 is 9.64 Å². The predicted molar refractivity (Wildman–Crippen MR) is 135 cm³/mol. The number of amides is 1. The maximum Gasteiger partial charge on any atom is 0.301 e. The number of Topliss-reactive ketones (excluding diaryl/α,β-unsaturated/α-hetero) is 1. The second-order valence-electron chi connectivity index (χ2n) is 8.07. The first kappa shape index (κ1) is 24.7. The lowest BCUT2D eigenvalue weighted by molar-refractivity contribution is -0.132. The molecule has 0 aliphatic carbocycles. The minimum Gasteiger partial charge on any atom is -0.508 e. The molecule has 1 atom stereocenters. The van der Waals surface area contributed by atoms with Gasteiger partial charge in [-0.15, -0.1) is 0 Å². The van der Waals surface area contributed by atoms with Crippen LogP contribution in [0.5, 0.6) is 11.5 Å². The van der Waals surface area contributed by atoms with Crippen molar-refractivity contribution >= 4 is 55.7 Å². The number of fused-ring (bicyclic) bond motifs is 1. The number of aliphatic hydroxyl groups excluding tert-OH is 1. The smallest absolute Gasteiger partial charge is 0.301 e. The lowest BCUT2D eigenvalue weighted by atomic mass is 9.95. The molecule has 1 aromatic heterocycles. The van der Waals surface area contributed by atoms with Crippen molar-refractivity contribution in [3.63, 3.8) is 0 Å². The van der Waals surface area contributed by atoms with Crippen molar-refractivity contribution in [2.75, 3.05) is 11.5 Å². The van der Waals surface area contributed by atoms with Crippen molar-refractivity contribution in [2.24, 2.45) is 0 Å². The van der Waals surface area contributed by atoms with Gasteiger partial charge < -0.3 is 14.9 Å². The first-order valence-corrected chi connectivity index (χ1v) is 12.2. The van der Waals surface area contributed by atoms with Crippen LogP contribution in [0.3, 0.4) is 0 Å². The number of ether oxygens (including phenoxy) is 1. The van der Waals surface area contributed by atoms with E-state index in [9.17, 15) is 28.6 Å². The van der Waals surface area contributed by atoms with Gasteiger partial charge in [0.1, 0.15) is 28.6 Å². The van der Waals surface area contributed by atoms with Crippen LogP contribution in [0.25, 0.3) is 16.0 Å². The predicted octanol–water partition coefficient (Wildman–Crippen LogP) is 5.96. The van der Waals surface area contributed by atoms with Gasteiger partial charge in [0.05, 0.1) is 27.9 Å². The highest BCUT2D eigenvalue weighted by Gasteiger charge is 2.48.